The van der Waals surface area contributed by atoms with Crippen LogP contribution in [0.4, 0.5) is 0 Å². The Morgan fingerprint density at radius 3 is 2.62 bits per heavy atom. The van der Waals surface area contributed by atoms with Crippen LogP contribution in [-0.2, 0) is 5.11 Å². The van der Waals surface area contributed by atoms with Crippen molar-refractivity contribution in [2.45, 2.75) is 0 Å². The van der Waals surface area contributed by atoms with Gasteiger partial charge in [0.1, 0.15) is 0 Å². The zero-order valence-corrected chi connectivity index (χ0v) is 9.37. The van der Waals surface area contributed by atoms with Crippen molar-refractivity contribution >= 4 is 39.6 Å². The molecule has 0 N–H and O–H groups in total. The summed E-state index contributed by atoms with van der Waals surface area (Å²) in [6.45, 7) is 0. The van der Waals surface area contributed by atoms with Crippen LogP contribution in [0.5, 0.6) is 5.75 Å². The van der Waals surface area contributed by atoms with Gasteiger partial charge in [0.15, 0.2) is 5.75 Å². The van der Waals surface area contributed by atoms with Crippen molar-refractivity contribution in [1.29, 1.82) is 0 Å². The Balaban J connectivity index is 2.73. The second-order valence-corrected chi connectivity index (χ2v) is 4.06. The second-order valence-electron chi connectivity index (χ2n) is 3.80. The van der Waals surface area contributed by atoms with Gasteiger partial charge < -0.3 is 0 Å². The average molecular weight is 225 g/mol. The molecule has 0 saturated heterocycles. The minimum atomic E-state index is 0.0782. The van der Waals surface area contributed by atoms with Gasteiger partial charge in [0.25, 0.3) is 0 Å². The summed E-state index contributed by atoms with van der Waals surface area (Å²) < 4.78 is 0. The first-order chi connectivity index (χ1) is 7.81. The Morgan fingerprint density at radius 2 is 1.81 bits per heavy atom. The Labute approximate surface area is 98.4 Å². The maximum atomic E-state index is 11.8. The van der Waals surface area contributed by atoms with Gasteiger partial charge in [0.2, 0.25) is 0 Å². The van der Waals surface area contributed by atoms with E-state index in [0.29, 0.717) is 0 Å². The highest BCUT2D eigenvalue weighted by Crippen LogP contribution is 2.31. The highest BCUT2D eigenvalue weighted by atomic mass is 32.1. The molecule has 1 radical (unpaired) electrons. The predicted octanol–water partition coefficient (Wildman–Crippen LogP) is 3.52. The molecule has 3 aromatic rings. The number of rotatable bonds is 0. The SMILES string of the molecule is [O]c1ccc2cccc3c(=CS)ccc1c23. The van der Waals surface area contributed by atoms with E-state index in [9.17, 15) is 5.11 Å². The molecule has 16 heavy (non-hydrogen) atoms. The summed E-state index contributed by atoms with van der Waals surface area (Å²) in [7, 11) is 0. The lowest BCUT2D eigenvalue weighted by Crippen LogP contribution is -2.00. The maximum Gasteiger partial charge on any atom is 0.186 e. The van der Waals surface area contributed by atoms with Crippen LogP contribution < -0.4 is 5.22 Å². The fourth-order valence-electron chi connectivity index (χ4n) is 2.17. The number of thiol groups is 1. The van der Waals surface area contributed by atoms with Gasteiger partial charge in [-0.2, -0.15) is 12.6 Å². The van der Waals surface area contributed by atoms with Gasteiger partial charge >= 0.3 is 0 Å². The van der Waals surface area contributed by atoms with E-state index < -0.39 is 0 Å². The first kappa shape index (κ1) is 9.55. The third-order valence-corrected chi connectivity index (χ3v) is 3.20. The van der Waals surface area contributed by atoms with E-state index in [-0.39, 0.29) is 5.75 Å². The summed E-state index contributed by atoms with van der Waals surface area (Å²) in [4.78, 5) is 0. The first-order valence-electron chi connectivity index (χ1n) is 5.07. The lowest BCUT2D eigenvalue weighted by atomic mass is 9.99. The predicted molar refractivity (Wildman–Crippen MR) is 70.3 cm³/mol. The van der Waals surface area contributed by atoms with E-state index in [1.807, 2.05) is 36.4 Å². The quantitative estimate of drug-likeness (QED) is 0.565. The Kier molecular flexibility index (Phi) is 2.04. The summed E-state index contributed by atoms with van der Waals surface area (Å²) >= 11 is 4.20. The van der Waals surface area contributed by atoms with E-state index in [1.54, 1.807) is 11.5 Å². The molecule has 0 aliphatic carbocycles. The lowest BCUT2D eigenvalue weighted by molar-refractivity contribution is 0.360. The third-order valence-electron chi connectivity index (χ3n) is 2.93. The summed E-state index contributed by atoms with van der Waals surface area (Å²) in [6.07, 6.45) is 0. The lowest BCUT2D eigenvalue weighted by Gasteiger charge is -2.06. The summed E-state index contributed by atoms with van der Waals surface area (Å²) in [5, 5.41) is 18.6. The molecule has 0 spiro atoms. The van der Waals surface area contributed by atoms with Crippen molar-refractivity contribution in [2.24, 2.45) is 0 Å². The topological polar surface area (TPSA) is 19.9 Å². The van der Waals surface area contributed by atoms with Crippen molar-refractivity contribution in [3.05, 3.63) is 47.7 Å². The molecule has 0 aliphatic heterocycles. The van der Waals surface area contributed by atoms with E-state index in [1.165, 1.54) is 0 Å². The molecule has 0 heterocycles. The molecule has 0 amide bonds. The van der Waals surface area contributed by atoms with E-state index in [2.05, 4.69) is 12.6 Å². The van der Waals surface area contributed by atoms with Gasteiger partial charge in [-0.05, 0) is 33.5 Å². The molecule has 1 nitrogen and oxygen atoms in total. The van der Waals surface area contributed by atoms with Crippen LogP contribution in [0, 0.1) is 0 Å². The van der Waals surface area contributed by atoms with Gasteiger partial charge in [0, 0.05) is 10.8 Å². The van der Waals surface area contributed by atoms with Crippen LogP contribution in [0.1, 0.15) is 0 Å². The molecule has 0 bridgehead atoms. The molecule has 0 aliphatic rings. The Bertz CT molecular complexity index is 731. The smallest absolute Gasteiger partial charge is 0.186 e. The van der Waals surface area contributed by atoms with Crippen LogP contribution in [0.25, 0.3) is 27.0 Å². The summed E-state index contributed by atoms with van der Waals surface area (Å²) in [6, 6.07) is 13.4. The van der Waals surface area contributed by atoms with Crippen molar-refractivity contribution in [1.82, 2.24) is 0 Å². The van der Waals surface area contributed by atoms with Gasteiger partial charge in [-0.25, -0.2) is 0 Å². The molecule has 3 rings (SSSR count). The molecule has 0 saturated carbocycles. The molecule has 0 aromatic heterocycles. The molecular weight excluding hydrogens is 216 g/mol. The molecule has 2 heteroatoms. The van der Waals surface area contributed by atoms with Gasteiger partial charge in [-0.1, -0.05) is 30.3 Å². The van der Waals surface area contributed by atoms with E-state index >= 15 is 0 Å². The molecular formula is C14H9OS. The van der Waals surface area contributed by atoms with Crippen LogP contribution >= 0.6 is 12.6 Å². The summed E-state index contributed by atoms with van der Waals surface area (Å²) in [5.41, 5.74) is 0. The molecule has 0 unspecified atom stereocenters. The van der Waals surface area contributed by atoms with Gasteiger partial charge in [-0.15, -0.1) is 0 Å². The zero-order valence-electron chi connectivity index (χ0n) is 8.47. The van der Waals surface area contributed by atoms with Crippen molar-refractivity contribution in [3.8, 4) is 5.75 Å². The minimum absolute atomic E-state index is 0.0782. The average Bonchev–Trinajstić information content (AvgIpc) is 2.34. The highest BCUT2D eigenvalue weighted by molar-refractivity contribution is 7.88. The van der Waals surface area contributed by atoms with Crippen molar-refractivity contribution < 1.29 is 5.11 Å². The Hall–Kier alpha value is -1.67. The van der Waals surface area contributed by atoms with Crippen molar-refractivity contribution in [2.75, 3.05) is 0 Å². The first-order valence-corrected chi connectivity index (χ1v) is 5.58. The number of benzene rings is 3. The fraction of sp³-hybridized carbons (Fsp3) is 0. The monoisotopic (exact) mass is 225 g/mol. The highest BCUT2D eigenvalue weighted by Gasteiger charge is 2.06. The zero-order chi connectivity index (χ0) is 11.1. The van der Waals surface area contributed by atoms with Crippen LogP contribution in [0.15, 0.2) is 42.5 Å². The second kappa shape index (κ2) is 3.42. The standard InChI is InChI=1S/C14H9OS/c15-13-7-5-9-2-1-3-11-10(8-16)4-6-12(13)14(9)11/h1-8,16H. The number of hydrogen-bond donors (Lipinski definition) is 1. The summed E-state index contributed by atoms with van der Waals surface area (Å²) in [5.74, 6) is 0.0782. The third kappa shape index (κ3) is 1.20. The number of hydrogen-bond acceptors (Lipinski definition) is 1. The van der Waals surface area contributed by atoms with Crippen LogP contribution in [-0.4, -0.2) is 0 Å². The van der Waals surface area contributed by atoms with E-state index in [0.717, 1.165) is 26.8 Å². The fourth-order valence-corrected chi connectivity index (χ4v) is 2.39. The normalized spacial score (nSPS) is 12.7. The van der Waals surface area contributed by atoms with Crippen LogP contribution in [0.3, 0.4) is 0 Å². The Morgan fingerprint density at radius 1 is 0.938 bits per heavy atom. The van der Waals surface area contributed by atoms with Gasteiger partial charge in [0.05, 0.1) is 0 Å². The maximum absolute atomic E-state index is 11.8. The van der Waals surface area contributed by atoms with E-state index in [4.69, 9.17) is 0 Å². The molecule has 0 fully saturated rings. The molecule has 3 aromatic carbocycles. The van der Waals surface area contributed by atoms with Crippen molar-refractivity contribution in [3.63, 3.8) is 0 Å². The van der Waals surface area contributed by atoms with Crippen LogP contribution in [0.2, 0.25) is 0 Å². The largest absolute Gasteiger partial charge is 0.289 e. The molecule has 77 valence electrons. The molecule has 0 atom stereocenters. The van der Waals surface area contributed by atoms with Gasteiger partial charge in [-0.3, -0.25) is 5.11 Å². The minimum Gasteiger partial charge on any atom is -0.289 e.